The van der Waals surface area contributed by atoms with Crippen LogP contribution in [0.5, 0.6) is 5.75 Å². The Morgan fingerprint density at radius 1 is 1.39 bits per heavy atom. The van der Waals surface area contributed by atoms with Crippen molar-refractivity contribution in [1.82, 2.24) is 0 Å². The van der Waals surface area contributed by atoms with Gasteiger partial charge in [0.15, 0.2) is 5.96 Å². The molecule has 0 saturated heterocycles. The predicted molar refractivity (Wildman–Crippen MR) is 71.7 cm³/mol. The van der Waals surface area contributed by atoms with Gasteiger partial charge in [0.05, 0.1) is 12.7 Å². The predicted octanol–water partition coefficient (Wildman–Crippen LogP) is 1.45. The number of aryl methyl sites for hydroxylation is 1. The number of carbonyl (C=O) groups excluding carboxylic acids is 1. The minimum absolute atomic E-state index is 0.249. The minimum Gasteiger partial charge on any atom is -0.496 e. The van der Waals surface area contributed by atoms with Crippen LogP contribution >= 0.6 is 0 Å². The molecular formula is C13H19N3O2. The molecule has 0 aliphatic carbocycles. The van der Waals surface area contributed by atoms with Crippen molar-refractivity contribution in [3.05, 3.63) is 29.3 Å². The summed E-state index contributed by atoms with van der Waals surface area (Å²) in [7, 11) is 1.54. The van der Waals surface area contributed by atoms with Gasteiger partial charge in [-0.3, -0.25) is 4.79 Å². The van der Waals surface area contributed by atoms with Gasteiger partial charge in [0.2, 0.25) is 0 Å². The van der Waals surface area contributed by atoms with Crippen LogP contribution in [0.2, 0.25) is 0 Å². The lowest BCUT2D eigenvalue weighted by Gasteiger charge is -2.11. The molecule has 0 spiro atoms. The van der Waals surface area contributed by atoms with E-state index in [1.54, 1.807) is 6.07 Å². The van der Waals surface area contributed by atoms with Gasteiger partial charge in [-0.05, 0) is 24.5 Å². The Balaban J connectivity index is 3.12. The summed E-state index contributed by atoms with van der Waals surface area (Å²) in [6.45, 7) is 2.11. The smallest absolute Gasteiger partial charge is 0.283 e. The van der Waals surface area contributed by atoms with Crippen LogP contribution in [-0.2, 0) is 6.42 Å². The molecule has 1 rings (SSSR count). The van der Waals surface area contributed by atoms with E-state index in [-0.39, 0.29) is 5.96 Å². The highest BCUT2D eigenvalue weighted by Gasteiger charge is 2.14. The van der Waals surface area contributed by atoms with Gasteiger partial charge >= 0.3 is 0 Å². The Hall–Kier alpha value is -2.04. The number of nitrogens with zero attached hydrogens (tertiary/aromatic N) is 1. The molecule has 0 heterocycles. The van der Waals surface area contributed by atoms with Gasteiger partial charge in [-0.1, -0.05) is 25.5 Å². The second-order valence-corrected chi connectivity index (χ2v) is 3.94. The number of ether oxygens (including phenoxy) is 1. The molecule has 5 heteroatoms. The zero-order chi connectivity index (χ0) is 13.5. The molecular weight excluding hydrogens is 230 g/mol. The van der Waals surface area contributed by atoms with Crippen LogP contribution in [0.25, 0.3) is 0 Å². The Morgan fingerprint density at radius 3 is 2.67 bits per heavy atom. The number of hydrogen-bond acceptors (Lipinski definition) is 2. The Kier molecular flexibility index (Phi) is 5.17. The van der Waals surface area contributed by atoms with Crippen molar-refractivity contribution >= 4 is 11.9 Å². The van der Waals surface area contributed by atoms with E-state index in [1.807, 2.05) is 12.1 Å². The monoisotopic (exact) mass is 249 g/mol. The standard InChI is InChI=1S/C13H19N3O2/c1-3-4-6-9-7-5-8-10(11(9)18-2)12(17)16-13(14)15/h5,7-8H,3-4,6H2,1-2H3,(H4,14,15,16,17). The van der Waals surface area contributed by atoms with E-state index in [1.165, 1.54) is 7.11 Å². The molecule has 0 fully saturated rings. The van der Waals surface area contributed by atoms with Gasteiger partial charge in [0.1, 0.15) is 5.75 Å². The van der Waals surface area contributed by atoms with Crippen LogP contribution in [0.3, 0.4) is 0 Å². The third kappa shape index (κ3) is 3.48. The number of nitrogens with two attached hydrogens (primary N) is 2. The fourth-order valence-corrected chi connectivity index (χ4v) is 1.74. The van der Waals surface area contributed by atoms with Gasteiger partial charge in [0.25, 0.3) is 5.91 Å². The average molecular weight is 249 g/mol. The lowest BCUT2D eigenvalue weighted by molar-refractivity contribution is 0.0999. The topological polar surface area (TPSA) is 90.7 Å². The van der Waals surface area contributed by atoms with E-state index < -0.39 is 5.91 Å². The maximum Gasteiger partial charge on any atom is 0.283 e. The molecule has 0 radical (unpaired) electrons. The number of para-hydroxylation sites is 1. The second kappa shape index (κ2) is 6.64. The van der Waals surface area contributed by atoms with Crippen molar-refractivity contribution in [1.29, 1.82) is 0 Å². The summed E-state index contributed by atoms with van der Waals surface area (Å²) in [5.41, 5.74) is 11.8. The summed E-state index contributed by atoms with van der Waals surface area (Å²) in [5.74, 6) is -0.174. The minimum atomic E-state index is -0.481. The number of aliphatic imine (C=N–C) groups is 1. The van der Waals surface area contributed by atoms with E-state index in [2.05, 4.69) is 11.9 Å². The highest BCUT2D eigenvalue weighted by atomic mass is 16.5. The first-order chi connectivity index (χ1) is 8.60. The van der Waals surface area contributed by atoms with Crippen LogP contribution in [0, 0.1) is 0 Å². The largest absolute Gasteiger partial charge is 0.496 e. The number of carbonyl (C=O) groups is 1. The van der Waals surface area contributed by atoms with Crippen LogP contribution in [0.1, 0.15) is 35.7 Å². The quantitative estimate of drug-likeness (QED) is 0.610. The molecule has 1 amide bonds. The van der Waals surface area contributed by atoms with Crippen molar-refractivity contribution in [3.63, 3.8) is 0 Å². The number of benzene rings is 1. The summed E-state index contributed by atoms with van der Waals surface area (Å²) >= 11 is 0. The number of amides is 1. The van der Waals surface area contributed by atoms with Gasteiger partial charge in [-0.15, -0.1) is 0 Å². The van der Waals surface area contributed by atoms with Crippen molar-refractivity contribution < 1.29 is 9.53 Å². The zero-order valence-corrected chi connectivity index (χ0v) is 10.8. The highest BCUT2D eigenvalue weighted by Crippen LogP contribution is 2.26. The van der Waals surface area contributed by atoms with E-state index >= 15 is 0 Å². The number of guanidine groups is 1. The molecule has 1 aromatic carbocycles. The number of rotatable bonds is 5. The Bertz CT molecular complexity index is 452. The molecule has 98 valence electrons. The van der Waals surface area contributed by atoms with Crippen LogP contribution in [0.4, 0.5) is 0 Å². The van der Waals surface area contributed by atoms with Crippen LogP contribution in [-0.4, -0.2) is 19.0 Å². The van der Waals surface area contributed by atoms with Crippen LogP contribution < -0.4 is 16.2 Å². The van der Waals surface area contributed by atoms with E-state index in [4.69, 9.17) is 16.2 Å². The fourth-order valence-electron chi connectivity index (χ4n) is 1.74. The molecule has 1 aromatic rings. The lowest BCUT2D eigenvalue weighted by atomic mass is 10.0. The summed E-state index contributed by atoms with van der Waals surface area (Å²) in [6, 6.07) is 5.41. The third-order valence-electron chi connectivity index (χ3n) is 2.56. The molecule has 0 bridgehead atoms. The second-order valence-electron chi connectivity index (χ2n) is 3.94. The summed E-state index contributed by atoms with van der Waals surface area (Å²) in [5, 5.41) is 0. The van der Waals surface area contributed by atoms with Crippen molar-refractivity contribution in [3.8, 4) is 5.75 Å². The first-order valence-corrected chi connectivity index (χ1v) is 5.90. The van der Waals surface area contributed by atoms with Crippen LogP contribution in [0.15, 0.2) is 23.2 Å². The molecule has 0 aromatic heterocycles. The highest BCUT2D eigenvalue weighted by molar-refractivity contribution is 6.03. The van der Waals surface area contributed by atoms with E-state index in [0.717, 1.165) is 24.8 Å². The average Bonchev–Trinajstić information content (AvgIpc) is 2.34. The molecule has 0 atom stereocenters. The normalized spacial score (nSPS) is 9.89. The first kappa shape index (κ1) is 14.0. The van der Waals surface area contributed by atoms with Crippen molar-refractivity contribution in [2.24, 2.45) is 16.5 Å². The molecule has 0 aliphatic heterocycles. The molecule has 5 nitrogen and oxygen atoms in total. The first-order valence-electron chi connectivity index (χ1n) is 5.90. The number of hydrogen-bond donors (Lipinski definition) is 2. The maximum absolute atomic E-state index is 11.8. The van der Waals surface area contributed by atoms with Gasteiger partial charge in [0, 0.05) is 0 Å². The summed E-state index contributed by atoms with van der Waals surface area (Å²) < 4.78 is 5.30. The SMILES string of the molecule is CCCCc1cccc(C(=O)N=C(N)N)c1OC. The Labute approximate surface area is 107 Å². The van der Waals surface area contributed by atoms with Gasteiger partial charge in [-0.2, -0.15) is 4.99 Å². The van der Waals surface area contributed by atoms with Gasteiger partial charge in [-0.25, -0.2) is 0 Å². The molecule has 4 N–H and O–H groups in total. The van der Waals surface area contributed by atoms with Gasteiger partial charge < -0.3 is 16.2 Å². The van der Waals surface area contributed by atoms with E-state index in [9.17, 15) is 4.79 Å². The van der Waals surface area contributed by atoms with Crippen molar-refractivity contribution in [2.75, 3.05) is 7.11 Å². The lowest BCUT2D eigenvalue weighted by Crippen LogP contribution is -2.24. The van der Waals surface area contributed by atoms with Crippen molar-refractivity contribution in [2.45, 2.75) is 26.2 Å². The summed E-state index contributed by atoms with van der Waals surface area (Å²) in [6.07, 6.45) is 2.98. The molecule has 0 saturated carbocycles. The third-order valence-corrected chi connectivity index (χ3v) is 2.56. The Morgan fingerprint density at radius 2 is 2.11 bits per heavy atom. The molecule has 0 unspecified atom stereocenters. The number of unbranched alkanes of at least 4 members (excludes halogenated alkanes) is 1. The fraction of sp³-hybridized carbons (Fsp3) is 0.385. The number of methoxy groups -OCH3 is 1. The molecule has 0 aliphatic rings. The molecule has 18 heavy (non-hydrogen) atoms. The maximum atomic E-state index is 11.8. The summed E-state index contributed by atoms with van der Waals surface area (Å²) in [4.78, 5) is 15.4. The van der Waals surface area contributed by atoms with E-state index in [0.29, 0.717) is 11.3 Å². The zero-order valence-electron chi connectivity index (χ0n) is 10.8.